The van der Waals surface area contributed by atoms with Crippen LogP contribution >= 0.6 is 0 Å². The Bertz CT molecular complexity index is 939. The maximum absolute atomic E-state index is 8.95. The minimum atomic E-state index is -1.58. The summed E-state index contributed by atoms with van der Waals surface area (Å²) in [6.07, 6.45) is 3.58. The van der Waals surface area contributed by atoms with Gasteiger partial charge in [0.25, 0.3) is 0 Å². The van der Waals surface area contributed by atoms with Gasteiger partial charge in [-0.15, -0.1) is 0 Å². The van der Waals surface area contributed by atoms with Gasteiger partial charge < -0.3 is 0 Å². The Balaban J connectivity index is 2.13. The van der Waals surface area contributed by atoms with E-state index in [0.717, 1.165) is 11.9 Å². The second-order valence-corrected chi connectivity index (χ2v) is 13.2. The van der Waals surface area contributed by atoms with Crippen LogP contribution in [0, 0.1) is 11.3 Å². The molecule has 0 aliphatic heterocycles. The summed E-state index contributed by atoms with van der Waals surface area (Å²) in [6.45, 7) is 11.8. The van der Waals surface area contributed by atoms with E-state index < -0.39 is 8.07 Å². The molecule has 0 N–H and O–H groups in total. The van der Waals surface area contributed by atoms with Gasteiger partial charge >= 0.3 is 0 Å². The van der Waals surface area contributed by atoms with Crippen molar-refractivity contribution in [1.82, 2.24) is 4.98 Å². The smallest absolute Gasteiger partial charge is 0.0777 e. The van der Waals surface area contributed by atoms with Crippen molar-refractivity contribution in [2.45, 2.75) is 58.3 Å². The van der Waals surface area contributed by atoms with Gasteiger partial charge in [0.1, 0.15) is 0 Å². The molecule has 0 amide bonds. The quantitative estimate of drug-likeness (QED) is 0.437. The molecule has 0 saturated heterocycles. The molecule has 26 heavy (non-hydrogen) atoms. The third-order valence-corrected chi connectivity index (χ3v) is 10.0. The van der Waals surface area contributed by atoms with Gasteiger partial charge in [0.05, 0.1) is 19.7 Å². The summed E-state index contributed by atoms with van der Waals surface area (Å²) < 4.78 is 0. The second-order valence-electron chi connectivity index (χ2n) is 8.16. The maximum atomic E-state index is 8.95. The molecule has 3 heteroatoms. The van der Waals surface area contributed by atoms with Crippen LogP contribution in [0.5, 0.6) is 0 Å². The molecule has 1 atom stereocenters. The molecule has 0 fully saturated rings. The number of rotatable bonds is 5. The van der Waals surface area contributed by atoms with Crippen molar-refractivity contribution < 1.29 is 0 Å². The zero-order chi connectivity index (χ0) is 18.9. The molecule has 0 radical (unpaired) electrons. The van der Waals surface area contributed by atoms with E-state index in [9.17, 15) is 0 Å². The average molecular weight is 361 g/mol. The summed E-state index contributed by atoms with van der Waals surface area (Å²) in [7, 11) is -1.58. The highest BCUT2D eigenvalue weighted by Crippen LogP contribution is 2.53. The van der Waals surface area contributed by atoms with Crippen molar-refractivity contribution in [3.63, 3.8) is 0 Å². The molecule has 1 aliphatic rings. The summed E-state index contributed by atoms with van der Waals surface area (Å²) in [5, 5.41) is 10.2. The first kappa shape index (κ1) is 18.6. The Kier molecular flexibility index (Phi) is 5.16. The van der Waals surface area contributed by atoms with Crippen LogP contribution < -0.4 is 0 Å². The number of nitrogens with zero attached hydrogens (tertiary/aromatic N) is 2. The van der Waals surface area contributed by atoms with E-state index in [1.807, 2.05) is 12.3 Å². The lowest BCUT2D eigenvalue weighted by molar-refractivity contribution is 0.927. The summed E-state index contributed by atoms with van der Waals surface area (Å²) in [5.41, 5.74) is 8.79. The van der Waals surface area contributed by atoms with Crippen LogP contribution in [0.15, 0.2) is 53.2 Å². The van der Waals surface area contributed by atoms with Crippen molar-refractivity contribution in [2.75, 3.05) is 0 Å². The zero-order valence-electron chi connectivity index (χ0n) is 16.6. The number of para-hydroxylation sites is 1. The molecule has 0 saturated carbocycles. The molecule has 3 rings (SSSR count). The molecule has 1 aromatic carbocycles. The topological polar surface area (TPSA) is 36.7 Å². The van der Waals surface area contributed by atoms with E-state index in [0.29, 0.717) is 12.0 Å². The van der Waals surface area contributed by atoms with Gasteiger partial charge in [-0.2, -0.15) is 5.26 Å². The van der Waals surface area contributed by atoms with Crippen LogP contribution in [0.1, 0.15) is 39.2 Å². The average Bonchev–Trinajstić information content (AvgIpc) is 2.86. The molecule has 2 nitrogen and oxygen atoms in total. The molecule has 134 valence electrons. The molecular formula is C23H28N2Si. The summed E-state index contributed by atoms with van der Waals surface area (Å²) in [6, 6.07) is 14.2. The van der Waals surface area contributed by atoms with E-state index in [1.54, 1.807) is 0 Å². The van der Waals surface area contributed by atoms with E-state index in [1.165, 1.54) is 39.3 Å². The Morgan fingerprint density at radius 1 is 1.08 bits per heavy atom. The lowest BCUT2D eigenvalue weighted by Gasteiger charge is -2.34. The number of fused-ring (bicyclic) bond motifs is 1. The number of benzene rings is 1. The van der Waals surface area contributed by atoms with Gasteiger partial charge in [0.15, 0.2) is 0 Å². The number of unbranched alkanes of at least 4 members (excludes halogenated alkanes) is 1. The zero-order valence-corrected chi connectivity index (χ0v) is 17.6. The summed E-state index contributed by atoms with van der Waals surface area (Å²) >= 11 is 0. The van der Waals surface area contributed by atoms with Crippen molar-refractivity contribution in [3.05, 3.63) is 58.8 Å². The largest absolute Gasteiger partial charge is 0.256 e. The van der Waals surface area contributed by atoms with Gasteiger partial charge in [0.2, 0.25) is 0 Å². The number of allylic oxidation sites excluding steroid dienone is 4. The molecular weight excluding hydrogens is 332 g/mol. The standard InChI is InChI=1S/C23H28N2Si/c1-16-17(2)21(20-12-8-10-19-11-9-14-25-22(19)20)23(18(16)3)26(4,5)15-7-6-13-24/h8-12,14,23H,6-7,15H2,1-5H3. The summed E-state index contributed by atoms with van der Waals surface area (Å²) in [5.74, 6) is 0. The van der Waals surface area contributed by atoms with Crippen molar-refractivity contribution in [3.8, 4) is 6.07 Å². The minimum Gasteiger partial charge on any atom is -0.256 e. The van der Waals surface area contributed by atoms with Crippen LogP contribution in [0.4, 0.5) is 0 Å². The predicted octanol–water partition coefficient (Wildman–Crippen LogP) is 6.74. The molecule has 0 spiro atoms. The monoisotopic (exact) mass is 360 g/mol. The minimum absolute atomic E-state index is 0.508. The van der Waals surface area contributed by atoms with Crippen molar-refractivity contribution in [2.24, 2.45) is 0 Å². The van der Waals surface area contributed by atoms with Crippen LogP contribution in [0.2, 0.25) is 24.7 Å². The number of hydrogen-bond acceptors (Lipinski definition) is 2. The van der Waals surface area contributed by atoms with Crippen LogP contribution in [0.25, 0.3) is 16.5 Å². The molecule has 1 aromatic heterocycles. The van der Waals surface area contributed by atoms with Gasteiger partial charge in [-0.3, -0.25) is 4.98 Å². The predicted molar refractivity (Wildman–Crippen MR) is 114 cm³/mol. The van der Waals surface area contributed by atoms with Gasteiger partial charge in [-0.25, -0.2) is 0 Å². The van der Waals surface area contributed by atoms with Gasteiger partial charge in [-0.05, 0) is 50.0 Å². The SMILES string of the molecule is CC1=C(C)C([Si](C)(C)CCCC#N)C(c2cccc3cccnc23)=C1C. The third kappa shape index (κ3) is 3.15. The Hall–Kier alpha value is -2.18. The van der Waals surface area contributed by atoms with Gasteiger partial charge in [-0.1, -0.05) is 49.0 Å². The molecule has 0 bridgehead atoms. The van der Waals surface area contributed by atoms with Crippen LogP contribution in [-0.4, -0.2) is 13.1 Å². The first-order chi connectivity index (χ1) is 12.4. The van der Waals surface area contributed by atoms with E-state index in [4.69, 9.17) is 10.2 Å². The third-order valence-electron chi connectivity index (χ3n) is 6.09. The molecule has 1 aliphatic carbocycles. The number of nitriles is 1. The Labute approximate surface area is 158 Å². The maximum Gasteiger partial charge on any atom is 0.0777 e. The number of hydrogen-bond donors (Lipinski definition) is 0. The van der Waals surface area contributed by atoms with E-state index >= 15 is 0 Å². The lowest BCUT2D eigenvalue weighted by Crippen LogP contribution is -2.33. The van der Waals surface area contributed by atoms with Crippen molar-refractivity contribution in [1.29, 1.82) is 5.26 Å². The van der Waals surface area contributed by atoms with Gasteiger partial charge in [0, 0.05) is 29.1 Å². The highest BCUT2D eigenvalue weighted by atomic mass is 28.3. The number of aromatic nitrogens is 1. The fourth-order valence-corrected chi connectivity index (χ4v) is 8.49. The normalized spacial score (nSPS) is 17.9. The van der Waals surface area contributed by atoms with Crippen molar-refractivity contribution >= 4 is 24.5 Å². The van der Waals surface area contributed by atoms with Crippen LogP contribution in [-0.2, 0) is 0 Å². The second kappa shape index (κ2) is 7.21. The first-order valence-corrected chi connectivity index (χ1v) is 12.8. The molecule has 1 unspecified atom stereocenters. The highest BCUT2D eigenvalue weighted by Gasteiger charge is 2.40. The Morgan fingerprint density at radius 2 is 1.81 bits per heavy atom. The van der Waals surface area contributed by atoms with E-state index in [2.05, 4.69) is 64.2 Å². The lowest BCUT2D eigenvalue weighted by atomic mass is 9.97. The highest BCUT2D eigenvalue weighted by molar-refractivity contribution is 6.81. The van der Waals surface area contributed by atoms with Crippen LogP contribution in [0.3, 0.4) is 0 Å². The van der Waals surface area contributed by atoms with E-state index in [-0.39, 0.29) is 0 Å². The fraction of sp³-hybridized carbons (Fsp3) is 0.391. The summed E-state index contributed by atoms with van der Waals surface area (Å²) in [4.78, 5) is 4.72. The first-order valence-electron chi connectivity index (χ1n) is 9.48. The molecule has 1 heterocycles. The molecule has 2 aromatic rings. The Morgan fingerprint density at radius 3 is 2.54 bits per heavy atom. The fourth-order valence-electron chi connectivity index (χ4n) is 4.57. The number of pyridine rings is 1.